The molecule has 3 N–H and O–H groups in total. The second-order valence-corrected chi connectivity index (χ2v) is 7.11. The summed E-state index contributed by atoms with van der Waals surface area (Å²) in [4.78, 5) is 14.1. The van der Waals surface area contributed by atoms with Gasteiger partial charge in [0.15, 0.2) is 0 Å². The SMILES string of the molecule is CN(C)Cc1ccccc1CNC(=O)NCC(C)(O)c1ccsc1. The highest BCUT2D eigenvalue weighted by molar-refractivity contribution is 7.08. The molecule has 130 valence electrons. The number of carbonyl (C=O) groups excluding carboxylic acids is 1. The highest BCUT2D eigenvalue weighted by Gasteiger charge is 2.24. The molecular weight excluding hydrogens is 322 g/mol. The van der Waals surface area contributed by atoms with E-state index in [4.69, 9.17) is 0 Å². The summed E-state index contributed by atoms with van der Waals surface area (Å²) in [6.45, 7) is 3.14. The van der Waals surface area contributed by atoms with Crippen molar-refractivity contribution in [3.63, 3.8) is 0 Å². The van der Waals surface area contributed by atoms with E-state index < -0.39 is 5.60 Å². The van der Waals surface area contributed by atoms with Crippen LogP contribution >= 0.6 is 11.3 Å². The third-order valence-electron chi connectivity index (χ3n) is 3.78. The van der Waals surface area contributed by atoms with Gasteiger partial charge in [-0.05, 0) is 54.5 Å². The lowest BCUT2D eigenvalue weighted by Gasteiger charge is -2.23. The molecule has 0 fully saturated rings. The Labute approximate surface area is 147 Å². The summed E-state index contributed by atoms with van der Waals surface area (Å²) in [7, 11) is 4.03. The Morgan fingerprint density at radius 2 is 1.92 bits per heavy atom. The number of urea groups is 1. The van der Waals surface area contributed by atoms with Crippen molar-refractivity contribution in [1.29, 1.82) is 0 Å². The third-order valence-corrected chi connectivity index (χ3v) is 4.46. The molecule has 0 spiro atoms. The zero-order valence-corrected chi connectivity index (χ0v) is 15.2. The number of hydrogen-bond donors (Lipinski definition) is 3. The van der Waals surface area contributed by atoms with Gasteiger partial charge in [0.05, 0.1) is 6.54 Å². The number of carbonyl (C=O) groups is 1. The van der Waals surface area contributed by atoms with Crippen LogP contribution in [0.2, 0.25) is 0 Å². The molecule has 1 aromatic carbocycles. The van der Waals surface area contributed by atoms with Crippen LogP contribution in [-0.4, -0.2) is 36.7 Å². The molecule has 2 rings (SSSR count). The minimum atomic E-state index is -1.07. The zero-order valence-electron chi connectivity index (χ0n) is 14.4. The maximum absolute atomic E-state index is 12.0. The van der Waals surface area contributed by atoms with Crippen LogP contribution in [0.1, 0.15) is 23.6 Å². The topological polar surface area (TPSA) is 64.6 Å². The van der Waals surface area contributed by atoms with Gasteiger partial charge in [-0.2, -0.15) is 11.3 Å². The van der Waals surface area contributed by atoms with Crippen LogP contribution in [0.5, 0.6) is 0 Å². The van der Waals surface area contributed by atoms with Gasteiger partial charge in [-0.3, -0.25) is 0 Å². The molecule has 1 unspecified atom stereocenters. The van der Waals surface area contributed by atoms with E-state index in [0.29, 0.717) is 6.54 Å². The Hall–Kier alpha value is -1.89. The van der Waals surface area contributed by atoms with E-state index in [1.807, 2.05) is 49.1 Å². The minimum Gasteiger partial charge on any atom is -0.384 e. The maximum atomic E-state index is 12.0. The minimum absolute atomic E-state index is 0.162. The van der Waals surface area contributed by atoms with E-state index in [0.717, 1.165) is 17.7 Å². The molecule has 1 heterocycles. The summed E-state index contributed by atoms with van der Waals surface area (Å²) in [5.41, 5.74) is 2.02. The number of amides is 2. The van der Waals surface area contributed by atoms with Crippen molar-refractivity contribution >= 4 is 17.4 Å². The van der Waals surface area contributed by atoms with Crippen LogP contribution in [0.4, 0.5) is 4.79 Å². The molecule has 0 radical (unpaired) electrons. The molecule has 0 saturated carbocycles. The zero-order chi connectivity index (χ0) is 17.6. The molecule has 5 nitrogen and oxygen atoms in total. The average Bonchev–Trinajstić information content (AvgIpc) is 3.07. The molecule has 24 heavy (non-hydrogen) atoms. The molecule has 6 heteroatoms. The van der Waals surface area contributed by atoms with Gasteiger partial charge in [-0.15, -0.1) is 0 Å². The average molecular weight is 347 g/mol. The van der Waals surface area contributed by atoms with Gasteiger partial charge < -0.3 is 20.6 Å². The molecule has 0 saturated heterocycles. The largest absolute Gasteiger partial charge is 0.384 e. The lowest BCUT2D eigenvalue weighted by atomic mass is 9.99. The smallest absolute Gasteiger partial charge is 0.315 e. The molecule has 2 aromatic rings. The van der Waals surface area contributed by atoms with Gasteiger partial charge in [0.25, 0.3) is 0 Å². The summed E-state index contributed by atoms with van der Waals surface area (Å²) in [5, 5.41) is 19.8. The predicted molar refractivity (Wildman–Crippen MR) is 98.0 cm³/mol. The first-order valence-electron chi connectivity index (χ1n) is 7.87. The molecule has 1 atom stereocenters. The first kappa shape index (κ1) is 18.4. The van der Waals surface area contributed by atoms with Crippen molar-refractivity contribution in [2.24, 2.45) is 0 Å². The monoisotopic (exact) mass is 347 g/mol. The summed E-state index contributed by atoms with van der Waals surface area (Å²) >= 11 is 1.52. The first-order valence-corrected chi connectivity index (χ1v) is 8.81. The van der Waals surface area contributed by atoms with Gasteiger partial charge in [-0.1, -0.05) is 24.3 Å². The van der Waals surface area contributed by atoms with Crippen molar-refractivity contribution in [3.8, 4) is 0 Å². The normalized spacial score (nSPS) is 13.5. The number of nitrogens with zero attached hydrogens (tertiary/aromatic N) is 1. The van der Waals surface area contributed by atoms with Crippen molar-refractivity contribution in [3.05, 3.63) is 57.8 Å². The summed E-state index contributed by atoms with van der Waals surface area (Å²) in [6, 6.07) is 9.62. The van der Waals surface area contributed by atoms with E-state index in [9.17, 15) is 9.90 Å². The molecule has 0 aliphatic rings. The number of nitrogens with one attached hydrogen (secondary N) is 2. The standard InChI is InChI=1S/C18H25N3O2S/c1-18(23,16-8-9-24-12-16)13-20-17(22)19-10-14-6-4-5-7-15(14)11-21(2)3/h4-9,12,23H,10-11,13H2,1-3H3,(H2,19,20,22). The Morgan fingerprint density at radius 1 is 1.21 bits per heavy atom. The summed E-state index contributed by atoms with van der Waals surface area (Å²) < 4.78 is 0. The van der Waals surface area contributed by atoms with E-state index in [2.05, 4.69) is 21.6 Å². The van der Waals surface area contributed by atoms with Gasteiger partial charge in [0, 0.05) is 13.1 Å². The van der Waals surface area contributed by atoms with Crippen molar-refractivity contribution in [2.45, 2.75) is 25.6 Å². The molecule has 1 aromatic heterocycles. The Kier molecular flexibility index (Phi) is 6.36. The van der Waals surface area contributed by atoms with Crippen LogP contribution in [0, 0.1) is 0 Å². The summed E-state index contributed by atoms with van der Waals surface area (Å²) in [5.74, 6) is 0. The van der Waals surface area contributed by atoms with Gasteiger partial charge >= 0.3 is 6.03 Å². The van der Waals surface area contributed by atoms with Crippen molar-refractivity contribution in [1.82, 2.24) is 15.5 Å². The Bertz CT molecular complexity index is 654. The number of thiophene rings is 1. The van der Waals surface area contributed by atoms with Crippen LogP contribution in [0.15, 0.2) is 41.1 Å². The first-order chi connectivity index (χ1) is 11.4. The number of hydrogen-bond acceptors (Lipinski definition) is 4. The lowest BCUT2D eigenvalue weighted by molar-refractivity contribution is 0.0598. The predicted octanol–water partition coefficient (Wildman–Crippen LogP) is 2.52. The van der Waals surface area contributed by atoms with E-state index in [1.165, 1.54) is 16.9 Å². The molecular formula is C18H25N3O2S. The van der Waals surface area contributed by atoms with Crippen LogP contribution in [-0.2, 0) is 18.7 Å². The van der Waals surface area contributed by atoms with Crippen LogP contribution in [0.25, 0.3) is 0 Å². The Balaban J connectivity index is 1.86. The third kappa shape index (κ3) is 5.33. The Morgan fingerprint density at radius 3 is 2.54 bits per heavy atom. The van der Waals surface area contributed by atoms with Crippen molar-refractivity contribution in [2.75, 3.05) is 20.6 Å². The van der Waals surface area contributed by atoms with Gasteiger partial charge in [0.2, 0.25) is 0 Å². The maximum Gasteiger partial charge on any atom is 0.315 e. The second-order valence-electron chi connectivity index (χ2n) is 6.33. The summed E-state index contributed by atoms with van der Waals surface area (Å²) in [6.07, 6.45) is 0. The van der Waals surface area contributed by atoms with E-state index in [-0.39, 0.29) is 12.6 Å². The van der Waals surface area contributed by atoms with Crippen molar-refractivity contribution < 1.29 is 9.90 Å². The van der Waals surface area contributed by atoms with E-state index >= 15 is 0 Å². The number of benzene rings is 1. The molecule has 0 aliphatic carbocycles. The quantitative estimate of drug-likeness (QED) is 0.721. The number of rotatable bonds is 7. The molecule has 0 aliphatic heterocycles. The lowest BCUT2D eigenvalue weighted by Crippen LogP contribution is -2.43. The number of aliphatic hydroxyl groups is 1. The fraction of sp³-hybridized carbons (Fsp3) is 0.389. The molecule has 0 bridgehead atoms. The van der Waals surface area contributed by atoms with Gasteiger partial charge in [0.1, 0.15) is 5.60 Å². The van der Waals surface area contributed by atoms with Gasteiger partial charge in [-0.25, -0.2) is 4.79 Å². The molecule has 2 amide bonds. The van der Waals surface area contributed by atoms with E-state index in [1.54, 1.807) is 6.92 Å². The fourth-order valence-electron chi connectivity index (χ4n) is 2.39. The second kappa shape index (κ2) is 8.28. The van der Waals surface area contributed by atoms with Crippen LogP contribution < -0.4 is 10.6 Å². The highest BCUT2D eigenvalue weighted by Crippen LogP contribution is 2.21. The van der Waals surface area contributed by atoms with Crippen LogP contribution in [0.3, 0.4) is 0 Å². The fourth-order valence-corrected chi connectivity index (χ4v) is 3.17. The highest BCUT2D eigenvalue weighted by atomic mass is 32.1.